The van der Waals surface area contributed by atoms with Gasteiger partial charge in [-0.25, -0.2) is 9.13 Å². The molecule has 510 valence electrons. The number of rotatable bonds is 63. The van der Waals surface area contributed by atoms with Crippen LogP contribution in [0.2, 0.25) is 0 Å². The van der Waals surface area contributed by atoms with Crippen LogP contribution in [0, 0.1) is 0 Å². The third-order valence-electron chi connectivity index (χ3n) is 13.7. The summed E-state index contributed by atoms with van der Waals surface area (Å²) in [5.74, 6) is -1.62. The first kappa shape index (κ1) is 85.0. The Labute approximate surface area is 538 Å². The molecule has 5 unspecified atom stereocenters. The molecule has 0 aromatic carbocycles. The summed E-state index contributed by atoms with van der Waals surface area (Å²) >= 11 is 0. The minimum Gasteiger partial charge on any atom is -0.463 e. The molecule has 0 bridgehead atoms. The SMILES string of the molecule is CC/C=C\C/C=C\C/C=C\C/C=C\C/C=C\CCCCCCCC(=O)OCC(O)COP(=O)(O)OCC(O)COP(=O)(O)OCC(COC(=O)CCCCCCCCC/C=C\C/C=C\C/C=C\CC)OC(=O)CCCCCCC/C=C\C/C=C\CCCCC. The van der Waals surface area contributed by atoms with Crippen molar-refractivity contribution in [3.05, 3.63) is 122 Å². The summed E-state index contributed by atoms with van der Waals surface area (Å²) in [6.45, 7) is 2.35. The van der Waals surface area contributed by atoms with Gasteiger partial charge in [-0.3, -0.25) is 32.5 Å². The van der Waals surface area contributed by atoms with Crippen LogP contribution < -0.4 is 0 Å². The predicted molar refractivity (Wildman–Crippen MR) is 362 cm³/mol. The molecular formula is C71H120O16P2. The van der Waals surface area contributed by atoms with Crippen LogP contribution in [0.4, 0.5) is 0 Å². The number of hydrogen-bond acceptors (Lipinski definition) is 14. The molecule has 0 amide bonds. The molecule has 89 heavy (non-hydrogen) atoms. The van der Waals surface area contributed by atoms with Crippen molar-refractivity contribution in [3.63, 3.8) is 0 Å². The fraction of sp³-hybridized carbons (Fsp3) is 0.676. The van der Waals surface area contributed by atoms with Gasteiger partial charge >= 0.3 is 33.6 Å². The summed E-state index contributed by atoms with van der Waals surface area (Å²) < 4.78 is 60.8. The van der Waals surface area contributed by atoms with E-state index in [1.54, 1.807) is 0 Å². The molecule has 0 fully saturated rings. The minimum atomic E-state index is -4.93. The highest BCUT2D eigenvalue weighted by Crippen LogP contribution is 2.45. The molecule has 4 N–H and O–H groups in total. The lowest BCUT2D eigenvalue weighted by Gasteiger charge is -2.21. The number of aliphatic hydroxyl groups is 2. The standard InChI is InChI=1S/C71H120O16P2/c1-4-7-10-13-16-19-22-25-28-30-31-32-33-35-38-39-42-45-48-51-54-57-69(74)81-60-66(72)61-83-88(77,78)84-62-67(73)63-85-89(79,80)86-65-68(87-71(76)59-56-53-50-47-44-41-36-27-24-21-18-15-12-9-6-3)64-82-70(75)58-55-52-49-46-43-40-37-34-29-26-23-20-17-14-11-8-5-2/h7-8,10-11,16-21,25-29,31-32,35-36,38,66-68,72-73H,4-6,9,12-15,22-24,30,33-34,37,39-65H2,1-3H3,(H,77,78)(H,79,80)/b10-7-,11-8-,19-16-,20-17-,21-18-,28-25-,29-26-,32-31-,36-27-,38-35-. The Bertz CT molecular complexity index is 2110. The van der Waals surface area contributed by atoms with Crippen LogP contribution in [0.3, 0.4) is 0 Å². The summed E-state index contributed by atoms with van der Waals surface area (Å²) in [5.41, 5.74) is 0. The van der Waals surface area contributed by atoms with Gasteiger partial charge in [-0.05, 0) is 128 Å². The van der Waals surface area contributed by atoms with Gasteiger partial charge in [0.15, 0.2) is 6.10 Å². The minimum absolute atomic E-state index is 0.0833. The van der Waals surface area contributed by atoms with Crippen molar-refractivity contribution in [2.45, 2.75) is 270 Å². The van der Waals surface area contributed by atoms with Gasteiger partial charge in [0.05, 0.1) is 26.4 Å². The van der Waals surface area contributed by atoms with Crippen LogP contribution in [-0.4, -0.2) is 95.9 Å². The van der Waals surface area contributed by atoms with Crippen LogP contribution in [0.5, 0.6) is 0 Å². The van der Waals surface area contributed by atoms with E-state index in [-0.39, 0.29) is 19.3 Å². The molecule has 0 aliphatic carbocycles. The van der Waals surface area contributed by atoms with Gasteiger partial charge in [-0.1, -0.05) is 226 Å². The molecule has 0 saturated heterocycles. The third kappa shape index (κ3) is 65.3. The van der Waals surface area contributed by atoms with E-state index < -0.39 is 91.5 Å². The quantitative estimate of drug-likeness (QED) is 0.0146. The lowest BCUT2D eigenvalue weighted by atomic mass is 10.1. The van der Waals surface area contributed by atoms with Crippen molar-refractivity contribution in [1.29, 1.82) is 0 Å². The van der Waals surface area contributed by atoms with Crippen molar-refractivity contribution < 1.29 is 75.8 Å². The zero-order valence-electron chi connectivity index (χ0n) is 55.1. The van der Waals surface area contributed by atoms with Crippen molar-refractivity contribution >= 4 is 33.6 Å². The fourth-order valence-electron chi connectivity index (χ4n) is 8.52. The Morgan fingerprint density at radius 2 is 0.596 bits per heavy atom. The van der Waals surface area contributed by atoms with Gasteiger partial charge in [0, 0.05) is 19.3 Å². The average Bonchev–Trinajstić information content (AvgIpc) is 3.63. The number of hydrogen-bond donors (Lipinski definition) is 4. The molecule has 0 heterocycles. The van der Waals surface area contributed by atoms with E-state index in [9.17, 15) is 43.5 Å². The highest BCUT2D eigenvalue weighted by atomic mass is 31.2. The maximum absolute atomic E-state index is 12.9. The van der Waals surface area contributed by atoms with Gasteiger partial charge in [-0.15, -0.1) is 0 Å². The zero-order chi connectivity index (χ0) is 65.3. The first-order chi connectivity index (χ1) is 43.2. The summed E-state index contributed by atoms with van der Waals surface area (Å²) in [6.07, 6.45) is 72.4. The Morgan fingerprint density at radius 1 is 0.326 bits per heavy atom. The lowest BCUT2D eigenvalue weighted by molar-refractivity contribution is -0.161. The van der Waals surface area contributed by atoms with E-state index >= 15 is 0 Å². The first-order valence-corrected chi connectivity index (χ1v) is 36.8. The van der Waals surface area contributed by atoms with E-state index in [2.05, 4.69) is 142 Å². The molecule has 5 atom stereocenters. The molecule has 0 aliphatic heterocycles. The molecule has 18 heteroatoms. The monoisotopic (exact) mass is 1290 g/mol. The number of carbonyl (C=O) groups is 3. The Hall–Kier alpha value is -4.05. The molecule has 0 rings (SSSR count). The van der Waals surface area contributed by atoms with Crippen molar-refractivity contribution in [1.82, 2.24) is 0 Å². The number of esters is 3. The Morgan fingerprint density at radius 3 is 0.944 bits per heavy atom. The smallest absolute Gasteiger partial charge is 0.463 e. The normalized spacial score (nSPS) is 15.0. The molecule has 0 radical (unpaired) electrons. The van der Waals surface area contributed by atoms with Gasteiger partial charge in [0.25, 0.3) is 0 Å². The van der Waals surface area contributed by atoms with Gasteiger partial charge in [0.1, 0.15) is 25.4 Å². The van der Waals surface area contributed by atoms with E-state index in [1.165, 1.54) is 19.3 Å². The zero-order valence-corrected chi connectivity index (χ0v) is 56.8. The molecule has 0 aliphatic rings. The van der Waals surface area contributed by atoms with E-state index in [1.807, 2.05) is 0 Å². The highest BCUT2D eigenvalue weighted by Gasteiger charge is 2.29. The Kier molecular flexibility index (Phi) is 61.2. The molecule has 0 spiro atoms. The molecule has 0 aromatic rings. The van der Waals surface area contributed by atoms with E-state index in [4.69, 9.17) is 32.3 Å². The number of unbranched alkanes of at least 4 members (excludes halogenated alkanes) is 20. The number of ether oxygens (including phenoxy) is 3. The topological polar surface area (TPSA) is 231 Å². The van der Waals surface area contributed by atoms with Gasteiger partial charge in [0.2, 0.25) is 0 Å². The molecular weight excluding hydrogens is 1170 g/mol. The van der Waals surface area contributed by atoms with E-state index in [0.717, 1.165) is 173 Å². The fourth-order valence-corrected chi connectivity index (χ4v) is 10.1. The van der Waals surface area contributed by atoms with Crippen LogP contribution in [-0.2, 0) is 55.8 Å². The van der Waals surface area contributed by atoms with Crippen molar-refractivity contribution in [2.24, 2.45) is 0 Å². The summed E-state index contributed by atoms with van der Waals surface area (Å²) in [5, 5.41) is 20.5. The van der Waals surface area contributed by atoms with Crippen molar-refractivity contribution in [2.75, 3.05) is 39.6 Å². The highest BCUT2D eigenvalue weighted by molar-refractivity contribution is 7.47. The summed E-state index contributed by atoms with van der Waals surface area (Å²) in [6, 6.07) is 0. The maximum atomic E-state index is 12.9. The summed E-state index contributed by atoms with van der Waals surface area (Å²) in [4.78, 5) is 58.4. The molecule has 16 nitrogen and oxygen atoms in total. The lowest BCUT2D eigenvalue weighted by Crippen LogP contribution is -2.30. The summed E-state index contributed by atoms with van der Waals surface area (Å²) in [7, 11) is -9.79. The number of aliphatic hydroxyl groups excluding tert-OH is 2. The molecule has 0 saturated carbocycles. The molecule has 0 aromatic heterocycles. The predicted octanol–water partition coefficient (Wildman–Crippen LogP) is 18.6. The first-order valence-electron chi connectivity index (χ1n) is 33.8. The second-order valence-electron chi connectivity index (χ2n) is 22.2. The number of carbonyl (C=O) groups excluding carboxylic acids is 3. The van der Waals surface area contributed by atoms with E-state index in [0.29, 0.717) is 19.3 Å². The van der Waals surface area contributed by atoms with Crippen LogP contribution in [0.25, 0.3) is 0 Å². The largest absolute Gasteiger partial charge is 0.472 e. The average molecular weight is 1290 g/mol. The number of phosphoric ester groups is 2. The second kappa shape index (κ2) is 64.1. The Balaban J connectivity index is 4.69. The van der Waals surface area contributed by atoms with Crippen LogP contribution in [0.15, 0.2) is 122 Å². The van der Waals surface area contributed by atoms with Gasteiger partial charge in [-0.2, -0.15) is 0 Å². The van der Waals surface area contributed by atoms with Crippen LogP contribution >= 0.6 is 15.6 Å². The third-order valence-corrected chi connectivity index (χ3v) is 15.6. The van der Waals surface area contributed by atoms with Crippen LogP contribution in [0.1, 0.15) is 252 Å². The number of allylic oxidation sites excluding steroid dienone is 20. The maximum Gasteiger partial charge on any atom is 0.472 e. The van der Waals surface area contributed by atoms with Crippen molar-refractivity contribution in [3.8, 4) is 0 Å². The van der Waals surface area contributed by atoms with Gasteiger partial charge < -0.3 is 34.2 Å². The second-order valence-corrected chi connectivity index (χ2v) is 25.1. The number of phosphoric acid groups is 2.